The zero-order valence-electron chi connectivity index (χ0n) is 11.1. The quantitative estimate of drug-likeness (QED) is 0.589. The molecule has 1 heterocycles. The summed E-state index contributed by atoms with van der Waals surface area (Å²) < 4.78 is 0. The minimum Gasteiger partial charge on any atom is -0.303 e. The van der Waals surface area contributed by atoms with E-state index in [0.717, 1.165) is 6.29 Å². The van der Waals surface area contributed by atoms with Gasteiger partial charge in [-0.1, -0.05) is 62.3 Å². The average Bonchev–Trinajstić information content (AvgIpc) is 2.50. The molecular formula is C15H22OSi. The predicted molar refractivity (Wildman–Crippen MR) is 75.6 cm³/mol. The number of aldehydes is 1. The molecule has 0 bridgehead atoms. The topological polar surface area (TPSA) is 17.1 Å². The van der Waals surface area contributed by atoms with E-state index in [-0.39, 0.29) is 5.41 Å². The number of benzene rings is 1. The highest BCUT2D eigenvalue weighted by atomic mass is 28.3. The van der Waals surface area contributed by atoms with Gasteiger partial charge in [0.25, 0.3) is 0 Å². The number of hydrogen-bond acceptors (Lipinski definition) is 1. The van der Waals surface area contributed by atoms with Crippen molar-refractivity contribution in [2.75, 3.05) is 0 Å². The first-order valence-corrected chi connectivity index (χ1v) is 9.51. The molecule has 0 aromatic heterocycles. The second kappa shape index (κ2) is 4.41. The van der Waals surface area contributed by atoms with Gasteiger partial charge in [0.05, 0.1) is 8.07 Å². The molecule has 2 rings (SSSR count). The second-order valence-corrected chi connectivity index (χ2v) is 10.5. The first-order chi connectivity index (χ1) is 8.06. The van der Waals surface area contributed by atoms with Gasteiger partial charge < -0.3 is 4.79 Å². The van der Waals surface area contributed by atoms with Crippen molar-refractivity contribution in [3.05, 3.63) is 29.8 Å². The van der Waals surface area contributed by atoms with Crippen molar-refractivity contribution in [2.24, 2.45) is 0 Å². The lowest BCUT2D eigenvalue weighted by Crippen LogP contribution is -2.41. The summed E-state index contributed by atoms with van der Waals surface area (Å²) in [5, 5.41) is 1.60. The van der Waals surface area contributed by atoms with Gasteiger partial charge in [-0.25, -0.2) is 0 Å². The Hall–Kier alpha value is -0.893. The van der Waals surface area contributed by atoms with Crippen molar-refractivity contribution in [3.8, 4) is 0 Å². The molecule has 2 atom stereocenters. The summed E-state index contributed by atoms with van der Waals surface area (Å²) in [7, 11) is -1.34. The van der Waals surface area contributed by atoms with Crippen molar-refractivity contribution >= 4 is 19.5 Å². The van der Waals surface area contributed by atoms with Crippen LogP contribution in [0.3, 0.4) is 0 Å². The molecule has 0 aliphatic carbocycles. The van der Waals surface area contributed by atoms with Gasteiger partial charge in [0.2, 0.25) is 0 Å². The van der Waals surface area contributed by atoms with Crippen molar-refractivity contribution in [1.82, 2.24) is 0 Å². The molecule has 1 aromatic carbocycles. The minimum atomic E-state index is -1.34. The third-order valence-corrected chi connectivity index (χ3v) is 9.24. The molecule has 0 N–H and O–H groups in total. The van der Waals surface area contributed by atoms with E-state index in [1.165, 1.54) is 24.1 Å². The van der Waals surface area contributed by atoms with E-state index in [9.17, 15) is 4.79 Å². The van der Waals surface area contributed by atoms with Gasteiger partial charge in [-0.05, 0) is 17.0 Å². The Bertz CT molecular complexity index is 429. The third-order valence-electron chi connectivity index (χ3n) is 4.34. The first-order valence-electron chi connectivity index (χ1n) is 6.59. The molecule has 1 aliphatic heterocycles. The molecule has 0 saturated carbocycles. The summed E-state index contributed by atoms with van der Waals surface area (Å²) in [5.41, 5.74) is 1.56. The van der Waals surface area contributed by atoms with Crippen LogP contribution in [0.1, 0.15) is 32.3 Å². The van der Waals surface area contributed by atoms with E-state index in [1.54, 1.807) is 5.19 Å². The molecule has 0 unspecified atom stereocenters. The van der Waals surface area contributed by atoms with Gasteiger partial charge in [-0.15, -0.1) is 0 Å². The fourth-order valence-corrected chi connectivity index (χ4v) is 9.06. The van der Waals surface area contributed by atoms with E-state index >= 15 is 0 Å². The van der Waals surface area contributed by atoms with E-state index in [1.807, 2.05) is 0 Å². The van der Waals surface area contributed by atoms with Gasteiger partial charge >= 0.3 is 0 Å². The number of rotatable bonds is 4. The van der Waals surface area contributed by atoms with Gasteiger partial charge in [-0.3, -0.25) is 0 Å². The van der Waals surface area contributed by atoms with Gasteiger partial charge in [0.15, 0.2) is 0 Å². The normalized spacial score (nSPS) is 31.2. The SMILES string of the molecule is CCC[Si@@]1(C)C[C@@](C)(CC=O)c2ccccc21. The summed E-state index contributed by atoms with van der Waals surface area (Å²) >= 11 is 0. The number of carbonyl (C=O) groups is 1. The average molecular weight is 246 g/mol. The van der Waals surface area contributed by atoms with Crippen LogP contribution in [0.4, 0.5) is 0 Å². The Morgan fingerprint density at radius 3 is 2.76 bits per heavy atom. The summed E-state index contributed by atoms with van der Waals surface area (Å²) in [6.07, 6.45) is 3.04. The molecule has 0 amide bonds. The van der Waals surface area contributed by atoms with Crippen LogP contribution >= 0.6 is 0 Å². The lowest BCUT2D eigenvalue weighted by Gasteiger charge is -2.26. The number of hydrogen-bond donors (Lipinski definition) is 0. The zero-order valence-corrected chi connectivity index (χ0v) is 12.1. The van der Waals surface area contributed by atoms with Gasteiger partial charge in [-0.2, -0.15) is 0 Å². The lowest BCUT2D eigenvalue weighted by molar-refractivity contribution is -0.108. The van der Waals surface area contributed by atoms with E-state index < -0.39 is 8.07 Å². The summed E-state index contributed by atoms with van der Waals surface area (Å²) in [4.78, 5) is 11.0. The highest BCUT2D eigenvalue weighted by Gasteiger charge is 2.47. The van der Waals surface area contributed by atoms with Crippen molar-refractivity contribution < 1.29 is 4.79 Å². The maximum Gasteiger partial charge on any atom is 0.120 e. The smallest absolute Gasteiger partial charge is 0.120 e. The molecule has 0 radical (unpaired) electrons. The Morgan fingerprint density at radius 1 is 1.41 bits per heavy atom. The molecule has 0 spiro atoms. The van der Waals surface area contributed by atoms with Crippen molar-refractivity contribution in [3.63, 3.8) is 0 Å². The molecule has 1 nitrogen and oxygen atoms in total. The molecule has 92 valence electrons. The maximum absolute atomic E-state index is 11.0. The fourth-order valence-electron chi connectivity index (χ4n) is 3.73. The zero-order chi connectivity index (χ0) is 12.5. The van der Waals surface area contributed by atoms with E-state index in [2.05, 4.69) is 44.7 Å². The molecule has 0 fully saturated rings. The predicted octanol–water partition coefficient (Wildman–Crippen LogP) is 3.24. The lowest BCUT2D eigenvalue weighted by atomic mass is 9.82. The van der Waals surface area contributed by atoms with Gasteiger partial charge in [0.1, 0.15) is 6.29 Å². The second-order valence-electron chi connectivity index (χ2n) is 5.96. The Labute approximate surface area is 105 Å². The van der Waals surface area contributed by atoms with Crippen LogP contribution in [0.2, 0.25) is 18.6 Å². The standard InChI is InChI=1S/C15H22OSi/c1-4-11-17(3)12-15(2,9-10-16)13-7-5-6-8-14(13)17/h5-8,10H,4,9,11-12H2,1-3H3/t15-,17+/m1/s1. The summed E-state index contributed by atoms with van der Waals surface area (Å²) in [5.74, 6) is 0. The fraction of sp³-hybridized carbons (Fsp3) is 0.533. The Kier molecular flexibility index (Phi) is 3.26. The van der Waals surface area contributed by atoms with Crippen LogP contribution in [0.25, 0.3) is 0 Å². The Morgan fingerprint density at radius 2 is 2.12 bits per heavy atom. The molecule has 1 aromatic rings. The molecule has 2 heteroatoms. The minimum absolute atomic E-state index is 0.106. The Balaban J connectivity index is 2.49. The van der Waals surface area contributed by atoms with Crippen LogP contribution in [0.15, 0.2) is 24.3 Å². The first kappa shape index (κ1) is 12.6. The highest BCUT2D eigenvalue weighted by Crippen LogP contribution is 2.43. The third kappa shape index (κ3) is 1.99. The molecule has 17 heavy (non-hydrogen) atoms. The molecule has 0 saturated heterocycles. The summed E-state index contributed by atoms with van der Waals surface area (Å²) in [6.45, 7) is 7.04. The van der Waals surface area contributed by atoms with Gasteiger partial charge in [0, 0.05) is 6.42 Å². The van der Waals surface area contributed by atoms with Crippen LogP contribution in [-0.2, 0) is 10.2 Å². The summed E-state index contributed by atoms with van der Waals surface area (Å²) in [6, 6.07) is 11.4. The van der Waals surface area contributed by atoms with Crippen molar-refractivity contribution in [2.45, 2.75) is 50.7 Å². The van der Waals surface area contributed by atoms with Crippen LogP contribution in [0.5, 0.6) is 0 Å². The van der Waals surface area contributed by atoms with Crippen molar-refractivity contribution in [1.29, 1.82) is 0 Å². The van der Waals surface area contributed by atoms with Crippen LogP contribution in [-0.4, -0.2) is 14.4 Å². The van der Waals surface area contributed by atoms with E-state index in [0.29, 0.717) is 6.42 Å². The monoisotopic (exact) mass is 246 g/mol. The van der Waals surface area contributed by atoms with E-state index in [4.69, 9.17) is 0 Å². The van der Waals surface area contributed by atoms with Crippen LogP contribution < -0.4 is 5.19 Å². The maximum atomic E-state index is 11.0. The van der Waals surface area contributed by atoms with Crippen LogP contribution in [0, 0.1) is 0 Å². The number of fused-ring (bicyclic) bond motifs is 1. The molecular weight excluding hydrogens is 224 g/mol. The molecule has 1 aliphatic rings. The highest BCUT2D eigenvalue weighted by molar-refractivity contribution is 6.92. The number of carbonyl (C=O) groups excluding carboxylic acids is 1. The largest absolute Gasteiger partial charge is 0.303 e.